The van der Waals surface area contributed by atoms with Crippen LogP contribution in [0, 0.1) is 0 Å². The number of aliphatic hydroxyl groups excluding tert-OH is 1. The van der Waals surface area contributed by atoms with Crippen molar-refractivity contribution in [3.8, 4) is 0 Å². The molecule has 1 aliphatic rings. The Labute approximate surface area is 93.5 Å². The molecule has 1 fully saturated rings. The summed E-state index contributed by atoms with van der Waals surface area (Å²) in [5.74, 6) is -0.977. The first-order valence-corrected chi connectivity index (χ1v) is 5.06. The quantitative estimate of drug-likeness (QED) is 0.668. The fourth-order valence-electron chi connectivity index (χ4n) is 1.75. The Kier molecular flexibility index (Phi) is 4.26. The Bertz CT molecular complexity index is 276. The standard InChI is InChI=1S/C10H16O6/c1-5-9(15-6(2)12)10(16-7(3)13)8(4-11)14-5/h5,8-11H,4H2,1-3H3/t5-,8+,9-,10+/m0/s1. The van der Waals surface area contributed by atoms with Crippen molar-refractivity contribution in [1.82, 2.24) is 0 Å². The van der Waals surface area contributed by atoms with Crippen molar-refractivity contribution < 1.29 is 28.9 Å². The van der Waals surface area contributed by atoms with E-state index < -0.39 is 36.4 Å². The van der Waals surface area contributed by atoms with Gasteiger partial charge in [0, 0.05) is 13.8 Å². The summed E-state index contributed by atoms with van der Waals surface area (Å²) in [6.45, 7) is 3.92. The van der Waals surface area contributed by atoms with Gasteiger partial charge < -0.3 is 19.3 Å². The Morgan fingerprint density at radius 2 is 1.69 bits per heavy atom. The summed E-state index contributed by atoms with van der Waals surface area (Å²) in [6.07, 6.45) is -2.48. The summed E-state index contributed by atoms with van der Waals surface area (Å²) < 4.78 is 15.3. The Hall–Kier alpha value is -1.14. The molecule has 0 unspecified atom stereocenters. The molecule has 16 heavy (non-hydrogen) atoms. The molecule has 0 spiro atoms. The number of rotatable bonds is 3. The van der Waals surface area contributed by atoms with E-state index in [0.717, 1.165) is 0 Å². The molecule has 0 aliphatic carbocycles. The van der Waals surface area contributed by atoms with Gasteiger partial charge in [-0.15, -0.1) is 0 Å². The van der Waals surface area contributed by atoms with Gasteiger partial charge in [0.25, 0.3) is 0 Å². The molecule has 92 valence electrons. The smallest absolute Gasteiger partial charge is 0.303 e. The second-order valence-electron chi connectivity index (χ2n) is 3.71. The fraction of sp³-hybridized carbons (Fsp3) is 0.800. The van der Waals surface area contributed by atoms with Crippen LogP contribution in [-0.4, -0.2) is 48.1 Å². The molecular formula is C10H16O6. The zero-order valence-corrected chi connectivity index (χ0v) is 9.50. The first kappa shape index (κ1) is 12.9. The predicted molar refractivity (Wildman–Crippen MR) is 52.5 cm³/mol. The SMILES string of the molecule is CC(=O)O[C@@H]1[C@H](OC(C)=O)[C@@H](CO)O[C@H]1C. The van der Waals surface area contributed by atoms with Gasteiger partial charge in [-0.3, -0.25) is 9.59 Å². The van der Waals surface area contributed by atoms with Gasteiger partial charge in [-0.25, -0.2) is 0 Å². The van der Waals surface area contributed by atoms with E-state index in [1.54, 1.807) is 6.92 Å². The first-order chi connectivity index (χ1) is 7.45. The lowest BCUT2D eigenvalue weighted by Gasteiger charge is -2.21. The predicted octanol–water partition coefficient (Wildman–Crippen LogP) is -0.371. The fourth-order valence-corrected chi connectivity index (χ4v) is 1.75. The third-order valence-corrected chi connectivity index (χ3v) is 2.33. The summed E-state index contributed by atoms with van der Waals surface area (Å²) in [5, 5.41) is 9.06. The minimum atomic E-state index is -0.749. The molecule has 1 N–H and O–H groups in total. The molecule has 0 aromatic carbocycles. The van der Waals surface area contributed by atoms with Gasteiger partial charge in [0.1, 0.15) is 6.10 Å². The number of carbonyl (C=O) groups is 2. The highest BCUT2D eigenvalue weighted by molar-refractivity contribution is 5.67. The van der Waals surface area contributed by atoms with Crippen molar-refractivity contribution in [3.05, 3.63) is 0 Å². The van der Waals surface area contributed by atoms with Crippen LogP contribution < -0.4 is 0 Å². The highest BCUT2D eigenvalue weighted by Crippen LogP contribution is 2.26. The van der Waals surface area contributed by atoms with E-state index in [0.29, 0.717) is 0 Å². The molecular weight excluding hydrogens is 216 g/mol. The normalized spacial score (nSPS) is 33.5. The molecule has 4 atom stereocenters. The summed E-state index contributed by atoms with van der Waals surface area (Å²) in [6, 6.07) is 0. The van der Waals surface area contributed by atoms with Crippen LogP contribution in [0.1, 0.15) is 20.8 Å². The average Bonchev–Trinajstić information content (AvgIpc) is 2.44. The number of hydrogen-bond donors (Lipinski definition) is 1. The number of carbonyl (C=O) groups excluding carboxylic acids is 2. The maximum absolute atomic E-state index is 10.9. The van der Waals surface area contributed by atoms with E-state index >= 15 is 0 Å². The van der Waals surface area contributed by atoms with Crippen molar-refractivity contribution in [1.29, 1.82) is 0 Å². The minimum absolute atomic E-state index is 0.292. The molecule has 1 heterocycles. The topological polar surface area (TPSA) is 82.1 Å². The molecule has 6 nitrogen and oxygen atoms in total. The van der Waals surface area contributed by atoms with E-state index in [1.807, 2.05) is 0 Å². The second kappa shape index (κ2) is 5.27. The van der Waals surface area contributed by atoms with E-state index in [4.69, 9.17) is 19.3 Å². The van der Waals surface area contributed by atoms with Crippen LogP contribution in [0.2, 0.25) is 0 Å². The molecule has 0 saturated carbocycles. The summed E-state index contributed by atoms with van der Waals surface area (Å²) in [5.41, 5.74) is 0. The van der Waals surface area contributed by atoms with Crippen LogP contribution in [-0.2, 0) is 23.8 Å². The maximum Gasteiger partial charge on any atom is 0.303 e. The molecule has 0 bridgehead atoms. The van der Waals surface area contributed by atoms with Gasteiger partial charge in [-0.05, 0) is 6.92 Å². The molecule has 1 rings (SSSR count). The molecule has 1 aliphatic heterocycles. The van der Waals surface area contributed by atoms with E-state index in [1.165, 1.54) is 13.8 Å². The number of ether oxygens (including phenoxy) is 3. The lowest BCUT2D eigenvalue weighted by atomic mass is 10.1. The molecule has 6 heteroatoms. The number of esters is 2. The lowest BCUT2D eigenvalue weighted by Crippen LogP contribution is -2.40. The van der Waals surface area contributed by atoms with Gasteiger partial charge in [-0.2, -0.15) is 0 Å². The van der Waals surface area contributed by atoms with Crippen molar-refractivity contribution in [3.63, 3.8) is 0 Å². The van der Waals surface area contributed by atoms with Crippen LogP contribution in [0.5, 0.6) is 0 Å². The van der Waals surface area contributed by atoms with Gasteiger partial charge in [0.15, 0.2) is 12.2 Å². The zero-order chi connectivity index (χ0) is 12.3. The van der Waals surface area contributed by atoms with Crippen LogP contribution >= 0.6 is 0 Å². The third kappa shape index (κ3) is 2.93. The Morgan fingerprint density at radius 1 is 1.19 bits per heavy atom. The highest BCUT2D eigenvalue weighted by atomic mass is 16.6. The van der Waals surface area contributed by atoms with Crippen LogP contribution in [0.25, 0.3) is 0 Å². The van der Waals surface area contributed by atoms with E-state index in [9.17, 15) is 9.59 Å². The third-order valence-electron chi connectivity index (χ3n) is 2.33. The summed E-state index contributed by atoms with van der Waals surface area (Å²) in [7, 11) is 0. The molecule has 0 aromatic heterocycles. The largest absolute Gasteiger partial charge is 0.456 e. The minimum Gasteiger partial charge on any atom is -0.456 e. The Morgan fingerprint density at radius 3 is 2.12 bits per heavy atom. The lowest BCUT2D eigenvalue weighted by molar-refractivity contribution is -0.164. The van der Waals surface area contributed by atoms with Crippen molar-refractivity contribution in [2.24, 2.45) is 0 Å². The first-order valence-electron chi connectivity index (χ1n) is 5.06. The monoisotopic (exact) mass is 232 g/mol. The van der Waals surface area contributed by atoms with Gasteiger partial charge in [-0.1, -0.05) is 0 Å². The van der Waals surface area contributed by atoms with Gasteiger partial charge >= 0.3 is 11.9 Å². The number of aliphatic hydroxyl groups is 1. The van der Waals surface area contributed by atoms with Gasteiger partial charge in [0.05, 0.1) is 12.7 Å². The van der Waals surface area contributed by atoms with Crippen molar-refractivity contribution >= 4 is 11.9 Å². The van der Waals surface area contributed by atoms with Crippen LogP contribution in [0.3, 0.4) is 0 Å². The zero-order valence-electron chi connectivity index (χ0n) is 9.50. The highest BCUT2D eigenvalue weighted by Gasteiger charge is 2.46. The van der Waals surface area contributed by atoms with Crippen molar-refractivity contribution in [2.45, 2.75) is 45.2 Å². The average molecular weight is 232 g/mol. The second-order valence-corrected chi connectivity index (χ2v) is 3.71. The Balaban J connectivity index is 2.76. The molecule has 0 aromatic rings. The molecule has 0 amide bonds. The van der Waals surface area contributed by atoms with Gasteiger partial charge in [0.2, 0.25) is 0 Å². The van der Waals surface area contributed by atoms with E-state index in [2.05, 4.69) is 0 Å². The van der Waals surface area contributed by atoms with Crippen molar-refractivity contribution in [2.75, 3.05) is 6.61 Å². The molecule has 0 radical (unpaired) electrons. The van der Waals surface area contributed by atoms with Crippen LogP contribution in [0.4, 0.5) is 0 Å². The van der Waals surface area contributed by atoms with E-state index in [-0.39, 0.29) is 6.61 Å². The molecule has 1 saturated heterocycles. The van der Waals surface area contributed by atoms with Crippen LogP contribution in [0.15, 0.2) is 0 Å². The summed E-state index contributed by atoms with van der Waals surface area (Å²) in [4.78, 5) is 21.8. The summed E-state index contributed by atoms with van der Waals surface area (Å²) >= 11 is 0. The number of hydrogen-bond acceptors (Lipinski definition) is 6. The maximum atomic E-state index is 10.9.